The van der Waals surface area contributed by atoms with Gasteiger partial charge in [0.1, 0.15) is 0 Å². The first-order chi connectivity index (χ1) is 14.5. The Morgan fingerprint density at radius 1 is 1.27 bits per heavy atom. The van der Waals surface area contributed by atoms with E-state index < -0.39 is 5.97 Å². The molecular weight excluding hydrogens is 379 g/mol. The van der Waals surface area contributed by atoms with Crippen LogP contribution < -0.4 is 0 Å². The Kier molecular flexibility index (Phi) is 5.73. The van der Waals surface area contributed by atoms with Gasteiger partial charge in [-0.1, -0.05) is 49.4 Å². The summed E-state index contributed by atoms with van der Waals surface area (Å²) >= 11 is 0. The molecule has 0 saturated carbocycles. The molecule has 2 N–H and O–H groups in total. The summed E-state index contributed by atoms with van der Waals surface area (Å²) < 4.78 is 13.4. The minimum Gasteiger partial charge on any atom is -0.478 e. The van der Waals surface area contributed by atoms with Gasteiger partial charge in [0, 0.05) is 35.3 Å². The fourth-order valence-electron chi connectivity index (χ4n) is 4.52. The number of carboxylic acid groups (broad SMARTS) is 1. The van der Waals surface area contributed by atoms with Gasteiger partial charge in [-0.25, -0.2) is 4.79 Å². The Bertz CT molecular complexity index is 1070. The summed E-state index contributed by atoms with van der Waals surface area (Å²) in [6.45, 7) is 4.50. The molecule has 2 heterocycles. The van der Waals surface area contributed by atoms with Gasteiger partial charge in [-0.05, 0) is 48.1 Å². The van der Waals surface area contributed by atoms with Gasteiger partial charge < -0.3 is 10.1 Å². The summed E-state index contributed by atoms with van der Waals surface area (Å²) in [5.41, 5.74) is 5.59. The summed E-state index contributed by atoms with van der Waals surface area (Å²) in [5, 5.41) is 10.1. The average Bonchev–Trinajstić information content (AvgIpc) is 3.11. The van der Waals surface area contributed by atoms with Gasteiger partial charge in [0.2, 0.25) is 0 Å². The number of aromatic nitrogens is 1. The Balaban J connectivity index is 1.79. The summed E-state index contributed by atoms with van der Waals surface area (Å²) in [5.74, 6) is -1.01. The molecule has 0 saturated heterocycles. The highest BCUT2D eigenvalue weighted by atomic mass is 19.1. The van der Waals surface area contributed by atoms with Gasteiger partial charge in [0.15, 0.2) is 0 Å². The van der Waals surface area contributed by atoms with Crippen LogP contribution >= 0.6 is 0 Å². The molecule has 5 heteroatoms. The van der Waals surface area contributed by atoms with Crippen LogP contribution in [0.25, 0.3) is 17.0 Å². The molecule has 4 rings (SSSR count). The van der Waals surface area contributed by atoms with Gasteiger partial charge in [0.25, 0.3) is 0 Å². The minimum atomic E-state index is -0.964. The molecule has 2 aromatic carbocycles. The molecule has 0 spiro atoms. The molecule has 4 nitrogen and oxygen atoms in total. The van der Waals surface area contributed by atoms with Crippen molar-refractivity contribution in [2.45, 2.75) is 32.4 Å². The van der Waals surface area contributed by atoms with E-state index in [1.54, 1.807) is 6.08 Å². The van der Waals surface area contributed by atoms with E-state index in [4.69, 9.17) is 5.11 Å². The lowest BCUT2D eigenvalue weighted by atomic mass is 9.87. The number of carboxylic acids is 1. The molecule has 0 fully saturated rings. The van der Waals surface area contributed by atoms with E-state index in [1.807, 2.05) is 37.3 Å². The van der Waals surface area contributed by atoms with Crippen LogP contribution in [0.4, 0.5) is 4.39 Å². The lowest BCUT2D eigenvalue weighted by molar-refractivity contribution is -0.131. The Morgan fingerprint density at radius 3 is 2.70 bits per heavy atom. The van der Waals surface area contributed by atoms with Crippen LogP contribution in [0.2, 0.25) is 0 Å². The molecule has 156 valence electrons. The molecule has 1 aliphatic heterocycles. The standard InChI is InChI=1S/C25H27FN2O2/c1-16(14-26)15-28-17(2)13-21-20-5-3-4-6-22(20)27-24(21)25(28)19-10-7-18(8-11-19)9-12-23(29)30/h3-12,16-17,25,27H,13-15H2,1-2H3,(H,29,30)/t16?,17-,25-/m1/s1. The largest absolute Gasteiger partial charge is 0.478 e. The van der Waals surface area contributed by atoms with Crippen LogP contribution in [0.1, 0.15) is 42.3 Å². The normalized spacial score (nSPS) is 20.5. The van der Waals surface area contributed by atoms with Crippen molar-refractivity contribution in [2.24, 2.45) is 5.92 Å². The average molecular weight is 407 g/mol. The van der Waals surface area contributed by atoms with Crippen molar-refractivity contribution in [2.75, 3.05) is 13.2 Å². The number of hydrogen-bond acceptors (Lipinski definition) is 2. The first-order valence-corrected chi connectivity index (χ1v) is 10.4. The third-order valence-corrected chi connectivity index (χ3v) is 5.97. The van der Waals surface area contributed by atoms with E-state index in [0.29, 0.717) is 6.54 Å². The highest BCUT2D eigenvalue weighted by molar-refractivity contribution is 5.86. The maximum Gasteiger partial charge on any atom is 0.328 e. The van der Waals surface area contributed by atoms with Gasteiger partial charge in [-0.3, -0.25) is 9.29 Å². The number of fused-ring (bicyclic) bond motifs is 3. The minimum absolute atomic E-state index is 0.00246. The van der Waals surface area contributed by atoms with Crippen molar-refractivity contribution in [3.8, 4) is 0 Å². The summed E-state index contributed by atoms with van der Waals surface area (Å²) in [6, 6.07) is 16.6. The quantitative estimate of drug-likeness (QED) is 0.553. The number of hydrogen-bond donors (Lipinski definition) is 2. The number of H-pyrrole nitrogens is 1. The topological polar surface area (TPSA) is 56.3 Å². The molecule has 0 amide bonds. The zero-order valence-electron chi connectivity index (χ0n) is 17.3. The number of benzene rings is 2. The Hall–Kier alpha value is -2.92. The van der Waals surface area contributed by atoms with Crippen molar-refractivity contribution in [1.82, 2.24) is 9.88 Å². The van der Waals surface area contributed by atoms with Crippen LogP contribution in [0.3, 0.4) is 0 Å². The molecule has 3 atom stereocenters. The van der Waals surface area contributed by atoms with Crippen LogP contribution in [-0.4, -0.2) is 40.2 Å². The van der Waals surface area contributed by atoms with Crippen LogP contribution in [-0.2, 0) is 11.2 Å². The second kappa shape index (κ2) is 8.44. The molecule has 3 aromatic rings. The monoisotopic (exact) mass is 406 g/mol. The highest BCUT2D eigenvalue weighted by Crippen LogP contribution is 2.41. The fraction of sp³-hybridized carbons (Fsp3) is 0.320. The second-order valence-electron chi connectivity index (χ2n) is 8.31. The molecule has 1 unspecified atom stereocenters. The number of aliphatic carboxylic acids is 1. The van der Waals surface area contributed by atoms with Gasteiger partial charge in [-0.2, -0.15) is 0 Å². The third kappa shape index (κ3) is 3.90. The van der Waals surface area contributed by atoms with Crippen LogP contribution in [0.15, 0.2) is 54.6 Å². The maximum atomic E-state index is 13.4. The van der Waals surface area contributed by atoms with Crippen molar-refractivity contribution < 1.29 is 14.3 Å². The number of para-hydroxylation sites is 1. The van der Waals surface area contributed by atoms with E-state index >= 15 is 0 Å². The van der Waals surface area contributed by atoms with Gasteiger partial charge in [-0.15, -0.1) is 0 Å². The highest BCUT2D eigenvalue weighted by Gasteiger charge is 2.36. The first kappa shape index (κ1) is 20.4. The molecule has 0 radical (unpaired) electrons. The number of rotatable bonds is 6. The zero-order chi connectivity index (χ0) is 21.3. The summed E-state index contributed by atoms with van der Waals surface area (Å²) in [6.07, 6.45) is 3.66. The molecule has 30 heavy (non-hydrogen) atoms. The smallest absolute Gasteiger partial charge is 0.328 e. The number of aromatic amines is 1. The second-order valence-corrected chi connectivity index (χ2v) is 8.31. The molecule has 0 bridgehead atoms. The lowest BCUT2D eigenvalue weighted by Crippen LogP contribution is -2.45. The van der Waals surface area contributed by atoms with Crippen LogP contribution in [0, 0.1) is 5.92 Å². The molecule has 1 aliphatic rings. The Labute approximate surface area is 176 Å². The predicted molar refractivity (Wildman–Crippen MR) is 118 cm³/mol. The molecule has 0 aliphatic carbocycles. The van der Waals surface area contributed by atoms with Crippen molar-refractivity contribution >= 4 is 22.9 Å². The van der Waals surface area contributed by atoms with Crippen molar-refractivity contribution in [3.05, 3.63) is 77.0 Å². The molecule has 1 aromatic heterocycles. The van der Waals surface area contributed by atoms with E-state index in [-0.39, 0.29) is 24.7 Å². The van der Waals surface area contributed by atoms with Crippen LogP contribution in [0.5, 0.6) is 0 Å². The van der Waals surface area contributed by atoms with Crippen molar-refractivity contribution in [3.63, 3.8) is 0 Å². The van der Waals surface area contributed by atoms with Gasteiger partial charge >= 0.3 is 5.97 Å². The van der Waals surface area contributed by atoms with E-state index in [1.165, 1.54) is 16.6 Å². The number of carbonyl (C=O) groups is 1. The van der Waals surface area contributed by atoms with E-state index in [2.05, 4.69) is 35.0 Å². The van der Waals surface area contributed by atoms with E-state index in [0.717, 1.165) is 29.1 Å². The Morgan fingerprint density at radius 2 is 2.00 bits per heavy atom. The fourth-order valence-corrected chi connectivity index (χ4v) is 4.52. The first-order valence-electron chi connectivity index (χ1n) is 10.4. The number of halogens is 1. The molecular formula is C25H27FN2O2. The zero-order valence-corrected chi connectivity index (χ0v) is 17.3. The number of alkyl halides is 1. The predicted octanol–water partition coefficient (Wildman–Crippen LogP) is 5.21. The van der Waals surface area contributed by atoms with E-state index in [9.17, 15) is 9.18 Å². The lowest BCUT2D eigenvalue weighted by Gasteiger charge is -2.42. The third-order valence-electron chi connectivity index (χ3n) is 5.97. The number of nitrogens with one attached hydrogen (secondary N) is 1. The number of nitrogens with zero attached hydrogens (tertiary/aromatic N) is 1. The van der Waals surface area contributed by atoms with Gasteiger partial charge in [0.05, 0.1) is 12.7 Å². The SMILES string of the molecule is CC(CF)CN1[C@H](c2ccc(C=CC(=O)O)cc2)c2[nH]c3ccccc3c2C[C@H]1C. The maximum absolute atomic E-state index is 13.4. The summed E-state index contributed by atoms with van der Waals surface area (Å²) in [4.78, 5) is 16.8. The summed E-state index contributed by atoms with van der Waals surface area (Å²) in [7, 11) is 0. The van der Waals surface area contributed by atoms with Crippen molar-refractivity contribution in [1.29, 1.82) is 0 Å².